The van der Waals surface area contributed by atoms with Gasteiger partial charge in [-0.15, -0.1) is 0 Å². The van der Waals surface area contributed by atoms with Crippen molar-refractivity contribution in [2.45, 2.75) is 24.2 Å². The average molecular weight is 346 g/mol. The molecule has 3 rings (SSSR count). The molecule has 0 aliphatic carbocycles. The van der Waals surface area contributed by atoms with Crippen LogP contribution >= 0.6 is 0 Å². The summed E-state index contributed by atoms with van der Waals surface area (Å²) in [6, 6.07) is 16.5. The van der Waals surface area contributed by atoms with Crippen LogP contribution in [0.15, 0.2) is 54.6 Å². The summed E-state index contributed by atoms with van der Waals surface area (Å²) in [6.07, 6.45) is -0.195. The molecule has 24 heavy (non-hydrogen) atoms. The molecule has 0 fully saturated rings. The maximum atomic E-state index is 13.2. The Balaban J connectivity index is 2.09. The van der Waals surface area contributed by atoms with Crippen molar-refractivity contribution < 1.29 is 13.5 Å². The first-order valence-corrected chi connectivity index (χ1v) is 9.56. The molecule has 1 aliphatic rings. The summed E-state index contributed by atoms with van der Waals surface area (Å²) in [6.45, 7) is 0.570. The number of sulfonamides is 1. The summed E-state index contributed by atoms with van der Waals surface area (Å²) in [5.74, 6) is 0. The topological polar surface area (TPSA) is 69.6 Å². The van der Waals surface area contributed by atoms with E-state index in [-0.39, 0.29) is 0 Å². The highest BCUT2D eigenvalue weighted by Gasteiger charge is 2.42. The lowest BCUT2D eigenvalue weighted by Crippen LogP contribution is -2.47. The Kier molecular flexibility index (Phi) is 4.89. The second kappa shape index (κ2) is 6.93. The smallest absolute Gasteiger partial charge is 0.245 e. The Labute approximate surface area is 143 Å². The first kappa shape index (κ1) is 17.0. The first-order chi connectivity index (χ1) is 11.6. The van der Waals surface area contributed by atoms with Gasteiger partial charge in [-0.05, 0) is 50.2 Å². The molecule has 128 valence electrons. The molecule has 0 saturated heterocycles. The fourth-order valence-corrected chi connectivity index (χ4v) is 5.20. The molecule has 2 N–H and O–H groups in total. The molecule has 1 heterocycles. The molecule has 0 bridgehead atoms. The van der Waals surface area contributed by atoms with Crippen molar-refractivity contribution in [2.75, 3.05) is 17.9 Å². The number of aliphatic hydroxyl groups excluding tert-OH is 1. The van der Waals surface area contributed by atoms with Gasteiger partial charge in [-0.25, -0.2) is 12.7 Å². The van der Waals surface area contributed by atoms with Crippen molar-refractivity contribution >= 4 is 21.4 Å². The minimum absolute atomic E-state index is 0.326. The highest BCUT2D eigenvalue weighted by atomic mass is 32.2. The summed E-state index contributed by atoms with van der Waals surface area (Å²) in [7, 11) is -1.92. The van der Waals surface area contributed by atoms with Crippen LogP contribution in [0.4, 0.5) is 11.4 Å². The van der Waals surface area contributed by atoms with Gasteiger partial charge in [0, 0.05) is 0 Å². The minimum atomic E-state index is -3.70. The Morgan fingerprint density at radius 2 is 1.83 bits per heavy atom. The van der Waals surface area contributed by atoms with Crippen LogP contribution < -0.4 is 9.62 Å². The van der Waals surface area contributed by atoms with Gasteiger partial charge in [-0.2, -0.15) is 0 Å². The standard InChI is InChI=1S/C18H22N2O3S/c1-19-12-11-17(21)18-13-14-7-5-6-10-16(14)20(24(18,22)23)15-8-3-2-4-9-15/h2-10,17-19,21H,11-13H2,1H3/t17-,18-/m1/s1. The zero-order valence-corrected chi connectivity index (χ0v) is 14.4. The molecule has 5 nitrogen and oxygen atoms in total. The highest BCUT2D eigenvalue weighted by Crippen LogP contribution is 2.39. The quantitative estimate of drug-likeness (QED) is 0.869. The Morgan fingerprint density at radius 1 is 1.17 bits per heavy atom. The van der Waals surface area contributed by atoms with Crippen molar-refractivity contribution in [3.05, 3.63) is 60.2 Å². The lowest BCUT2D eigenvalue weighted by atomic mass is 10.0. The molecule has 0 spiro atoms. The van der Waals surface area contributed by atoms with E-state index in [9.17, 15) is 13.5 Å². The van der Waals surface area contributed by atoms with Gasteiger partial charge in [-0.1, -0.05) is 36.4 Å². The van der Waals surface area contributed by atoms with Gasteiger partial charge < -0.3 is 10.4 Å². The van der Waals surface area contributed by atoms with Gasteiger partial charge in [0.05, 0.1) is 17.5 Å². The number of nitrogens with zero attached hydrogens (tertiary/aromatic N) is 1. The molecule has 2 aromatic carbocycles. The molecule has 2 atom stereocenters. The number of hydrogen-bond acceptors (Lipinski definition) is 4. The SMILES string of the molecule is CNCC[C@@H](O)[C@H]1Cc2ccccc2N(c2ccccc2)S1(=O)=O. The van der Waals surface area contributed by atoms with Gasteiger partial charge >= 0.3 is 0 Å². The van der Waals surface area contributed by atoms with Crippen LogP contribution in [0.2, 0.25) is 0 Å². The van der Waals surface area contributed by atoms with Gasteiger partial charge in [-0.3, -0.25) is 0 Å². The predicted molar refractivity (Wildman–Crippen MR) is 96.0 cm³/mol. The maximum absolute atomic E-state index is 13.2. The van der Waals surface area contributed by atoms with Gasteiger partial charge in [0.2, 0.25) is 10.0 Å². The van der Waals surface area contributed by atoms with E-state index in [1.165, 1.54) is 4.31 Å². The molecule has 0 amide bonds. The van der Waals surface area contributed by atoms with Crippen LogP contribution in [-0.4, -0.2) is 38.5 Å². The fraction of sp³-hybridized carbons (Fsp3) is 0.333. The van der Waals surface area contributed by atoms with Crippen molar-refractivity contribution in [3.63, 3.8) is 0 Å². The molecule has 0 saturated carbocycles. The minimum Gasteiger partial charge on any atom is -0.392 e. The van der Waals surface area contributed by atoms with Gasteiger partial charge in [0.15, 0.2) is 0 Å². The number of fused-ring (bicyclic) bond motifs is 1. The van der Waals surface area contributed by atoms with Crippen molar-refractivity contribution in [2.24, 2.45) is 0 Å². The van der Waals surface area contributed by atoms with E-state index >= 15 is 0 Å². The molecular weight excluding hydrogens is 324 g/mol. The van der Waals surface area contributed by atoms with E-state index in [4.69, 9.17) is 0 Å². The van der Waals surface area contributed by atoms with E-state index in [0.717, 1.165) is 5.56 Å². The largest absolute Gasteiger partial charge is 0.392 e. The highest BCUT2D eigenvalue weighted by molar-refractivity contribution is 7.93. The Hall–Kier alpha value is -1.89. The van der Waals surface area contributed by atoms with Crippen molar-refractivity contribution in [1.82, 2.24) is 5.32 Å². The van der Waals surface area contributed by atoms with Gasteiger partial charge in [0.1, 0.15) is 5.25 Å². The Morgan fingerprint density at radius 3 is 2.54 bits per heavy atom. The number of anilines is 2. The lowest BCUT2D eigenvalue weighted by Gasteiger charge is -2.37. The zero-order valence-electron chi connectivity index (χ0n) is 13.6. The van der Waals surface area contributed by atoms with E-state index in [2.05, 4.69) is 5.32 Å². The molecule has 0 radical (unpaired) electrons. The van der Waals surface area contributed by atoms with Crippen LogP contribution in [0, 0.1) is 0 Å². The van der Waals surface area contributed by atoms with E-state index < -0.39 is 21.4 Å². The summed E-state index contributed by atoms with van der Waals surface area (Å²) < 4.78 is 27.8. The summed E-state index contributed by atoms with van der Waals surface area (Å²) >= 11 is 0. The Bertz CT molecular complexity index is 793. The number of aliphatic hydroxyl groups is 1. The third kappa shape index (κ3) is 3.05. The van der Waals surface area contributed by atoms with Crippen LogP contribution in [0.3, 0.4) is 0 Å². The van der Waals surface area contributed by atoms with Crippen molar-refractivity contribution in [1.29, 1.82) is 0 Å². The average Bonchev–Trinajstić information content (AvgIpc) is 2.59. The molecule has 0 aromatic heterocycles. The van der Waals surface area contributed by atoms with Crippen molar-refractivity contribution in [3.8, 4) is 0 Å². The van der Waals surface area contributed by atoms with Gasteiger partial charge in [0.25, 0.3) is 0 Å². The molecule has 0 unspecified atom stereocenters. The van der Waals surface area contributed by atoms with E-state index in [0.29, 0.717) is 30.8 Å². The second-order valence-electron chi connectivity index (χ2n) is 5.98. The molecular formula is C18H22N2O3S. The first-order valence-electron chi connectivity index (χ1n) is 8.05. The van der Waals surface area contributed by atoms with Crippen LogP contribution in [0.25, 0.3) is 0 Å². The van der Waals surface area contributed by atoms with Crippen LogP contribution in [0.1, 0.15) is 12.0 Å². The van der Waals surface area contributed by atoms with E-state index in [1.54, 1.807) is 19.2 Å². The van der Waals surface area contributed by atoms with Crippen LogP contribution in [-0.2, 0) is 16.4 Å². The number of nitrogens with one attached hydrogen (secondary N) is 1. The third-order valence-electron chi connectivity index (χ3n) is 4.38. The number of rotatable bonds is 5. The third-order valence-corrected chi connectivity index (χ3v) is 6.54. The maximum Gasteiger partial charge on any atom is 0.245 e. The molecule has 2 aromatic rings. The number of benzene rings is 2. The fourth-order valence-electron chi connectivity index (χ4n) is 3.14. The summed E-state index contributed by atoms with van der Waals surface area (Å²) in [5.41, 5.74) is 2.20. The van der Waals surface area contributed by atoms with E-state index in [1.807, 2.05) is 42.5 Å². The predicted octanol–water partition coefficient (Wildman–Crippen LogP) is 2.05. The normalized spacial score (nSPS) is 20.4. The number of hydrogen-bond donors (Lipinski definition) is 2. The second-order valence-corrected chi connectivity index (χ2v) is 7.98. The zero-order chi connectivity index (χ0) is 17.2. The summed E-state index contributed by atoms with van der Waals surface area (Å²) in [4.78, 5) is 0. The number of para-hydroxylation sites is 2. The monoisotopic (exact) mass is 346 g/mol. The van der Waals surface area contributed by atoms with Crippen LogP contribution in [0.5, 0.6) is 0 Å². The lowest BCUT2D eigenvalue weighted by molar-refractivity contribution is 0.157. The summed E-state index contributed by atoms with van der Waals surface area (Å²) in [5, 5.41) is 12.6. The molecule has 1 aliphatic heterocycles. The molecule has 6 heteroatoms.